The predicted octanol–water partition coefficient (Wildman–Crippen LogP) is 2.09. The fourth-order valence-electron chi connectivity index (χ4n) is 3.14. The van der Waals surface area contributed by atoms with Gasteiger partial charge in [0.05, 0.1) is 17.7 Å². The van der Waals surface area contributed by atoms with Crippen LogP contribution in [0.3, 0.4) is 0 Å². The number of amides is 1. The number of nitriles is 1. The van der Waals surface area contributed by atoms with Crippen molar-refractivity contribution in [2.75, 3.05) is 0 Å². The van der Waals surface area contributed by atoms with E-state index in [2.05, 4.69) is 16.5 Å². The zero-order chi connectivity index (χ0) is 14.9. The molecule has 0 aliphatic heterocycles. The molecule has 1 aliphatic carbocycles. The molecule has 0 radical (unpaired) electrons. The largest absolute Gasteiger partial charge is 0.337 e. The Labute approximate surface area is 120 Å². The predicted molar refractivity (Wildman–Crippen MR) is 76.1 cm³/mol. The first-order valence-corrected chi connectivity index (χ1v) is 7.13. The van der Waals surface area contributed by atoms with Gasteiger partial charge in [-0.2, -0.15) is 10.4 Å². The quantitative estimate of drug-likeness (QED) is 0.917. The van der Waals surface area contributed by atoms with Crippen LogP contribution in [0.2, 0.25) is 0 Å². The molecule has 1 heterocycles. The van der Waals surface area contributed by atoms with E-state index in [0.29, 0.717) is 0 Å². The Bertz CT molecular complexity index is 561. The van der Waals surface area contributed by atoms with Gasteiger partial charge < -0.3 is 5.32 Å². The number of aromatic nitrogens is 2. The average Bonchev–Trinajstić information content (AvgIpc) is 2.96. The van der Waals surface area contributed by atoms with Crippen molar-refractivity contribution in [1.82, 2.24) is 15.1 Å². The lowest BCUT2D eigenvalue weighted by molar-refractivity contribution is -0.123. The number of hydrogen-bond acceptors (Lipinski definition) is 3. The molecule has 1 fully saturated rings. The lowest BCUT2D eigenvalue weighted by Crippen LogP contribution is -2.46. The molecule has 0 spiro atoms. The number of aryl methyl sites for hydroxylation is 2. The zero-order valence-electron chi connectivity index (χ0n) is 12.7. The molecule has 2 rings (SSSR count). The molecule has 1 aliphatic rings. The molecule has 1 saturated carbocycles. The van der Waals surface area contributed by atoms with Crippen LogP contribution in [0.1, 0.15) is 55.5 Å². The molecule has 5 heteroatoms. The number of hydrogen-bond donors (Lipinski definition) is 1. The van der Waals surface area contributed by atoms with Crippen molar-refractivity contribution in [1.29, 1.82) is 5.26 Å². The van der Waals surface area contributed by atoms with E-state index in [4.69, 9.17) is 0 Å². The van der Waals surface area contributed by atoms with E-state index in [-0.39, 0.29) is 11.8 Å². The van der Waals surface area contributed by atoms with Crippen LogP contribution in [0.4, 0.5) is 0 Å². The zero-order valence-corrected chi connectivity index (χ0v) is 12.7. The Morgan fingerprint density at radius 2 is 2.05 bits per heavy atom. The maximum Gasteiger partial charge on any atom is 0.228 e. The van der Waals surface area contributed by atoms with Gasteiger partial charge in [0, 0.05) is 18.3 Å². The summed E-state index contributed by atoms with van der Waals surface area (Å²) in [6, 6.07) is 2.30. The first-order chi connectivity index (χ1) is 9.40. The fourth-order valence-corrected chi connectivity index (χ4v) is 3.14. The topological polar surface area (TPSA) is 70.7 Å². The van der Waals surface area contributed by atoms with E-state index < -0.39 is 5.54 Å². The molecule has 1 N–H and O–H groups in total. The van der Waals surface area contributed by atoms with Gasteiger partial charge >= 0.3 is 0 Å². The van der Waals surface area contributed by atoms with E-state index in [0.717, 1.165) is 42.6 Å². The summed E-state index contributed by atoms with van der Waals surface area (Å²) in [5.74, 6) is -0.359. The van der Waals surface area contributed by atoms with E-state index in [1.165, 1.54) is 0 Å². The summed E-state index contributed by atoms with van der Waals surface area (Å²) in [5, 5.41) is 16.7. The molecule has 0 aromatic carbocycles. The molecular weight excluding hydrogens is 252 g/mol. The molecule has 0 bridgehead atoms. The van der Waals surface area contributed by atoms with Crippen LogP contribution in [0.25, 0.3) is 0 Å². The molecule has 108 valence electrons. The van der Waals surface area contributed by atoms with Crippen molar-refractivity contribution in [2.45, 2.75) is 57.9 Å². The van der Waals surface area contributed by atoms with Crippen molar-refractivity contribution < 1.29 is 4.79 Å². The van der Waals surface area contributed by atoms with Crippen LogP contribution >= 0.6 is 0 Å². The third-order valence-corrected chi connectivity index (χ3v) is 4.42. The van der Waals surface area contributed by atoms with E-state index >= 15 is 0 Å². The summed E-state index contributed by atoms with van der Waals surface area (Å²) >= 11 is 0. The summed E-state index contributed by atoms with van der Waals surface area (Å²) in [4.78, 5) is 12.5. The van der Waals surface area contributed by atoms with E-state index in [9.17, 15) is 10.1 Å². The molecular formula is C15H22N4O. The Morgan fingerprint density at radius 3 is 2.50 bits per heavy atom. The number of nitrogens with zero attached hydrogens (tertiary/aromatic N) is 3. The molecule has 0 saturated heterocycles. The van der Waals surface area contributed by atoms with Crippen LogP contribution < -0.4 is 5.32 Å². The van der Waals surface area contributed by atoms with Gasteiger partial charge in [-0.3, -0.25) is 9.48 Å². The Kier molecular flexibility index (Phi) is 3.85. The number of nitrogens with one attached hydrogen (secondary N) is 1. The molecule has 5 nitrogen and oxygen atoms in total. The normalized spacial score (nSPS) is 18.6. The first kappa shape index (κ1) is 14.6. The molecule has 1 atom stereocenters. The van der Waals surface area contributed by atoms with Gasteiger partial charge in [-0.05, 0) is 46.5 Å². The molecule has 1 aromatic rings. The second kappa shape index (κ2) is 5.28. The minimum Gasteiger partial charge on any atom is -0.337 e. The fraction of sp³-hybridized carbons (Fsp3) is 0.667. The van der Waals surface area contributed by atoms with Crippen molar-refractivity contribution >= 4 is 5.91 Å². The summed E-state index contributed by atoms with van der Waals surface area (Å²) in [5.41, 5.74) is 2.19. The molecule has 1 aromatic heterocycles. The lowest BCUT2D eigenvalue weighted by atomic mass is 9.94. The lowest BCUT2D eigenvalue weighted by Gasteiger charge is -2.24. The third kappa shape index (κ3) is 2.43. The van der Waals surface area contributed by atoms with Crippen molar-refractivity contribution in [2.24, 2.45) is 7.05 Å². The van der Waals surface area contributed by atoms with Gasteiger partial charge in [0.15, 0.2) is 0 Å². The Hall–Kier alpha value is -1.83. The van der Waals surface area contributed by atoms with Gasteiger partial charge in [0.2, 0.25) is 5.91 Å². The highest BCUT2D eigenvalue weighted by atomic mass is 16.2. The highest BCUT2D eigenvalue weighted by Crippen LogP contribution is 2.30. The monoisotopic (exact) mass is 274 g/mol. The van der Waals surface area contributed by atoms with Crippen LogP contribution in [0.5, 0.6) is 0 Å². The molecule has 20 heavy (non-hydrogen) atoms. The maximum atomic E-state index is 12.5. The smallest absolute Gasteiger partial charge is 0.228 e. The SMILES string of the molecule is Cc1nn(C)c(C)c1C(C)C(=O)NC1(C#N)CCCC1. The summed E-state index contributed by atoms with van der Waals surface area (Å²) < 4.78 is 1.80. The van der Waals surface area contributed by atoms with Gasteiger partial charge in [-0.15, -0.1) is 0 Å². The minimum absolute atomic E-state index is 0.0762. The standard InChI is InChI=1S/C15H22N4O/c1-10(13-11(2)18-19(4)12(13)3)14(20)17-15(9-16)7-5-6-8-15/h10H,5-8H2,1-4H3,(H,17,20). The first-order valence-electron chi connectivity index (χ1n) is 7.13. The number of rotatable bonds is 3. The van der Waals surface area contributed by atoms with Gasteiger partial charge in [-0.25, -0.2) is 0 Å². The molecule has 1 amide bonds. The second-order valence-corrected chi connectivity index (χ2v) is 5.82. The summed E-state index contributed by atoms with van der Waals surface area (Å²) in [6.07, 6.45) is 3.53. The highest BCUT2D eigenvalue weighted by Gasteiger charge is 2.37. The van der Waals surface area contributed by atoms with Gasteiger partial charge in [-0.1, -0.05) is 0 Å². The number of carbonyl (C=O) groups is 1. The molecule has 1 unspecified atom stereocenters. The van der Waals surface area contributed by atoms with Crippen molar-refractivity contribution in [3.8, 4) is 6.07 Å². The highest BCUT2D eigenvalue weighted by molar-refractivity contribution is 5.84. The van der Waals surface area contributed by atoms with E-state index in [1.807, 2.05) is 27.8 Å². The van der Waals surface area contributed by atoms with Crippen LogP contribution in [0, 0.1) is 25.2 Å². The van der Waals surface area contributed by atoms with Gasteiger partial charge in [0.1, 0.15) is 5.54 Å². The van der Waals surface area contributed by atoms with Crippen LogP contribution in [-0.4, -0.2) is 21.2 Å². The third-order valence-electron chi connectivity index (χ3n) is 4.42. The van der Waals surface area contributed by atoms with Crippen LogP contribution in [0.15, 0.2) is 0 Å². The van der Waals surface area contributed by atoms with Crippen molar-refractivity contribution in [3.05, 3.63) is 17.0 Å². The van der Waals surface area contributed by atoms with Gasteiger partial charge in [0.25, 0.3) is 0 Å². The van der Waals surface area contributed by atoms with Crippen molar-refractivity contribution in [3.63, 3.8) is 0 Å². The maximum absolute atomic E-state index is 12.5. The van der Waals surface area contributed by atoms with Crippen LogP contribution in [-0.2, 0) is 11.8 Å². The summed E-state index contributed by atoms with van der Waals surface area (Å²) in [6.45, 7) is 5.77. The Morgan fingerprint density at radius 1 is 1.45 bits per heavy atom. The second-order valence-electron chi connectivity index (χ2n) is 5.82. The van der Waals surface area contributed by atoms with E-state index in [1.54, 1.807) is 4.68 Å². The summed E-state index contributed by atoms with van der Waals surface area (Å²) in [7, 11) is 1.88. The average molecular weight is 274 g/mol. The Balaban J connectivity index is 2.19. The number of carbonyl (C=O) groups excluding carboxylic acids is 1. The minimum atomic E-state index is -0.657.